The van der Waals surface area contributed by atoms with Crippen LogP contribution in [0.15, 0.2) is 36.9 Å². The van der Waals surface area contributed by atoms with Crippen LogP contribution in [-0.2, 0) is 5.54 Å². The fourth-order valence-corrected chi connectivity index (χ4v) is 4.65. The van der Waals surface area contributed by atoms with E-state index in [-0.39, 0.29) is 12.2 Å². The largest absolute Gasteiger partial charge is 0.389 e. The average Bonchev–Trinajstić information content (AvgIpc) is 3.27. The molecule has 4 rings (SSSR count). The van der Waals surface area contributed by atoms with Crippen LogP contribution in [0.5, 0.6) is 0 Å². The summed E-state index contributed by atoms with van der Waals surface area (Å²) in [6, 6.07) is 6.05. The number of hydrogen-bond donors (Lipinski definition) is 1. The standard InChI is InChI=1S/C18H17F3N6S/c19-18(20,21)4-8-28-26-11-17(12-26,3-5-22)27-10-13(9-25-27)14-1-6-23-16-15(14)2-7-24-16/h1-2,6-7,9-10H,3-4,8,11-12H2,(H,23,24). The van der Waals surface area contributed by atoms with Gasteiger partial charge in [-0.15, -0.1) is 0 Å². The minimum Gasteiger partial charge on any atom is -0.346 e. The second-order valence-corrected chi connectivity index (χ2v) is 8.01. The van der Waals surface area contributed by atoms with E-state index in [1.54, 1.807) is 17.1 Å². The third-order valence-corrected chi connectivity index (χ3v) is 5.86. The van der Waals surface area contributed by atoms with Gasteiger partial charge in [-0.2, -0.15) is 23.5 Å². The quantitative estimate of drug-likeness (QED) is 0.628. The molecule has 0 atom stereocenters. The molecular formula is C18H17F3N6S. The van der Waals surface area contributed by atoms with Crippen LogP contribution < -0.4 is 0 Å². The van der Waals surface area contributed by atoms with Gasteiger partial charge in [0.05, 0.1) is 25.1 Å². The highest BCUT2D eigenvalue weighted by molar-refractivity contribution is 7.97. The van der Waals surface area contributed by atoms with E-state index in [1.165, 1.54) is 11.9 Å². The molecule has 3 aromatic rings. The third kappa shape index (κ3) is 3.59. The topological polar surface area (TPSA) is 73.5 Å². The number of nitrogens with one attached hydrogen (secondary N) is 1. The van der Waals surface area contributed by atoms with Crippen LogP contribution in [0.4, 0.5) is 13.2 Å². The number of aromatic amines is 1. The van der Waals surface area contributed by atoms with Crippen LogP contribution in [0.1, 0.15) is 12.8 Å². The highest BCUT2D eigenvalue weighted by atomic mass is 32.2. The van der Waals surface area contributed by atoms with Gasteiger partial charge in [-0.1, -0.05) is 11.9 Å². The maximum absolute atomic E-state index is 12.3. The van der Waals surface area contributed by atoms with E-state index in [0.717, 1.165) is 22.2 Å². The number of rotatable bonds is 6. The summed E-state index contributed by atoms with van der Waals surface area (Å²) in [5, 5.41) is 14.7. The van der Waals surface area contributed by atoms with Gasteiger partial charge in [0.1, 0.15) is 11.2 Å². The highest BCUT2D eigenvalue weighted by Gasteiger charge is 2.46. The maximum atomic E-state index is 12.3. The number of nitriles is 1. The van der Waals surface area contributed by atoms with Crippen LogP contribution >= 0.6 is 11.9 Å². The molecule has 0 amide bonds. The van der Waals surface area contributed by atoms with E-state index in [0.29, 0.717) is 13.1 Å². The number of H-pyrrole nitrogens is 1. The number of nitrogens with zero attached hydrogens (tertiary/aromatic N) is 5. The maximum Gasteiger partial charge on any atom is 0.389 e. The van der Waals surface area contributed by atoms with E-state index in [1.807, 2.05) is 28.8 Å². The summed E-state index contributed by atoms with van der Waals surface area (Å²) in [5.74, 6) is -0.0149. The summed E-state index contributed by atoms with van der Waals surface area (Å²) < 4.78 is 40.6. The molecule has 6 nitrogen and oxygen atoms in total. The molecule has 4 heterocycles. The molecule has 1 aliphatic heterocycles. The van der Waals surface area contributed by atoms with Crippen molar-refractivity contribution < 1.29 is 13.2 Å². The Hall–Kier alpha value is -2.51. The van der Waals surface area contributed by atoms with Gasteiger partial charge < -0.3 is 4.98 Å². The Labute approximate surface area is 163 Å². The van der Waals surface area contributed by atoms with Crippen LogP contribution in [0.3, 0.4) is 0 Å². The number of halogens is 3. The van der Waals surface area contributed by atoms with E-state index in [2.05, 4.69) is 21.1 Å². The molecule has 28 heavy (non-hydrogen) atoms. The lowest BCUT2D eigenvalue weighted by Crippen LogP contribution is -2.60. The van der Waals surface area contributed by atoms with Crippen molar-refractivity contribution in [2.45, 2.75) is 24.6 Å². The van der Waals surface area contributed by atoms with Crippen molar-refractivity contribution in [1.29, 1.82) is 5.26 Å². The Kier molecular flexibility index (Phi) is 4.81. The SMILES string of the molecule is N#CCC1(n2cc(-c3ccnc4[nH]ccc34)cn2)CN(SCCC(F)(F)F)C1. The van der Waals surface area contributed by atoms with E-state index in [9.17, 15) is 18.4 Å². The Morgan fingerprint density at radius 1 is 1.32 bits per heavy atom. The van der Waals surface area contributed by atoms with Gasteiger partial charge in [-0.3, -0.25) is 4.68 Å². The molecule has 1 saturated heterocycles. The molecule has 0 spiro atoms. The molecule has 0 saturated carbocycles. The molecule has 0 aromatic carbocycles. The number of fused-ring (bicyclic) bond motifs is 1. The molecule has 0 bridgehead atoms. The lowest BCUT2D eigenvalue weighted by molar-refractivity contribution is -0.129. The van der Waals surface area contributed by atoms with Crippen molar-refractivity contribution in [1.82, 2.24) is 24.1 Å². The minimum absolute atomic E-state index is 0.0149. The summed E-state index contributed by atoms with van der Waals surface area (Å²) in [6.07, 6.45) is 2.48. The highest BCUT2D eigenvalue weighted by Crippen LogP contribution is 2.38. The predicted octanol–water partition coefficient (Wildman–Crippen LogP) is 3.95. The zero-order valence-corrected chi connectivity index (χ0v) is 15.6. The van der Waals surface area contributed by atoms with Gasteiger partial charge in [0, 0.05) is 48.4 Å². The summed E-state index contributed by atoms with van der Waals surface area (Å²) in [7, 11) is 0. The lowest BCUT2D eigenvalue weighted by atomic mass is 9.89. The second-order valence-electron chi connectivity index (χ2n) is 6.83. The first-order chi connectivity index (χ1) is 13.4. The number of alkyl halides is 3. The molecule has 146 valence electrons. The fraction of sp³-hybridized carbons (Fsp3) is 0.389. The van der Waals surface area contributed by atoms with Crippen LogP contribution in [0.2, 0.25) is 0 Å². The van der Waals surface area contributed by atoms with Gasteiger partial charge in [0.15, 0.2) is 0 Å². The summed E-state index contributed by atoms with van der Waals surface area (Å²) in [6.45, 7) is 0.972. The first kappa shape index (κ1) is 18.8. The number of pyridine rings is 1. The van der Waals surface area contributed by atoms with Gasteiger partial charge in [0.25, 0.3) is 0 Å². The van der Waals surface area contributed by atoms with E-state index in [4.69, 9.17) is 0 Å². The molecule has 3 aromatic heterocycles. The molecule has 1 N–H and O–H groups in total. The van der Waals surface area contributed by atoms with Gasteiger partial charge in [-0.25, -0.2) is 9.29 Å². The van der Waals surface area contributed by atoms with Crippen molar-refractivity contribution in [2.24, 2.45) is 0 Å². The lowest BCUT2D eigenvalue weighted by Gasteiger charge is -2.48. The smallest absolute Gasteiger partial charge is 0.346 e. The molecular weight excluding hydrogens is 389 g/mol. The van der Waals surface area contributed by atoms with Crippen LogP contribution in [0, 0.1) is 11.3 Å². The second kappa shape index (κ2) is 7.14. The molecule has 0 radical (unpaired) electrons. The molecule has 0 unspecified atom stereocenters. The number of hydrogen-bond acceptors (Lipinski definition) is 5. The van der Waals surface area contributed by atoms with Crippen molar-refractivity contribution in [3.05, 3.63) is 36.9 Å². The Morgan fingerprint density at radius 3 is 2.89 bits per heavy atom. The van der Waals surface area contributed by atoms with Crippen molar-refractivity contribution in [3.63, 3.8) is 0 Å². The van der Waals surface area contributed by atoms with E-state index >= 15 is 0 Å². The normalized spacial score (nSPS) is 16.8. The Bertz CT molecular complexity index is 1010. The zero-order chi connectivity index (χ0) is 19.8. The Balaban J connectivity index is 1.50. The van der Waals surface area contributed by atoms with Crippen molar-refractivity contribution in [2.75, 3.05) is 18.8 Å². The monoisotopic (exact) mass is 406 g/mol. The van der Waals surface area contributed by atoms with Gasteiger partial charge in [0.2, 0.25) is 0 Å². The van der Waals surface area contributed by atoms with Crippen molar-refractivity contribution >= 4 is 23.0 Å². The first-order valence-electron chi connectivity index (χ1n) is 8.69. The zero-order valence-electron chi connectivity index (χ0n) is 14.8. The fourth-order valence-electron chi connectivity index (χ4n) is 3.41. The number of aromatic nitrogens is 4. The molecule has 1 fully saturated rings. The Morgan fingerprint density at radius 2 is 2.14 bits per heavy atom. The molecule has 10 heteroatoms. The molecule has 1 aliphatic rings. The van der Waals surface area contributed by atoms with Crippen LogP contribution in [-0.4, -0.2) is 49.1 Å². The summed E-state index contributed by atoms with van der Waals surface area (Å²) >= 11 is 1.17. The van der Waals surface area contributed by atoms with Crippen LogP contribution in [0.25, 0.3) is 22.2 Å². The van der Waals surface area contributed by atoms with Crippen molar-refractivity contribution in [3.8, 4) is 17.2 Å². The van der Waals surface area contributed by atoms with Gasteiger partial charge >= 0.3 is 6.18 Å². The predicted molar refractivity (Wildman–Crippen MR) is 100 cm³/mol. The minimum atomic E-state index is -4.15. The van der Waals surface area contributed by atoms with E-state index < -0.39 is 18.1 Å². The average molecular weight is 406 g/mol. The summed E-state index contributed by atoms with van der Waals surface area (Å²) in [5.41, 5.74) is 2.17. The molecule has 0 aliphatic carbocycles. The third-order valence-electron chi connectivity index (χ3n) is 4.85. The van der Waals surface area contributed by atoms with Gasteiger partial charge in [-0.05, 0) is 17.7 Å². The first-order valence-corrected chi connectivity index (χ1v) is 9.64. The summed E-state index contributed by atoms with van der Waals surface area (Å²) in [4.78, 5) is 7.35.